The van der Waals surface area contributed by atoms with Crippen LogP contribution >= 0.6 is 27.5 Å². The summed E-state index contributed by atoms with van der Waals surface area (Å²) in [5.74, 6) is -0.901. The second kappa shape index (κ2) is 8.77. The van der Waals surface area contributed by atoms with E-state index in [2.05, 4.69) is 36.6 Å². The maximum absolute atomic E-state index is 13.1. The van der Waals surface area contributed by atoms with Gasteiger partial charge in [-0.3, -0.25) is 9.59 Å². The molecule has 3 aromatic rings. The van der Waals surface area contributed by atoms with E-state index in [0.717, 1.165) is 6.26 Å². The van der Waals surface area contributed by atoms with Gasteiger partial charge in [-0.25, -0.2) is 18.1 Å². The Hall–Kier alpha value is -2.76. The number of nitrogens with one attached hydrogen (secondary N) is 2. The van der Waals surface area contributed by atoms with Crippen LogP contribution in [0.25, 0.3) is 5.82 Å². The number of aryl methyl sites for hydroxylation is 1. The highest BCUT2D eigenvalue weighted by atomic mass is 79.9. The molecule has 2 heterocycles. The molecule has 0 saturated heterocycles. The predicted octanol–water partition coefficient (Wildman–Crippen LogP) is 3.01. The topological polar surface area (TPSA) is 123 Å². The molecule has 0 unspecified atom stereocenters. The van der Waals surface area contributed by atoms with Crippen molar-refractivity contribution in [1.29, 1.82) is 0 Å². The molecule has 12 heteroatoms. The van der Waals surface area contributed by atoms with E-state index in [1.54, 1.807) is 19.1 Å². The summed E-state index contributed by atoms with van der Waals surface area (Å²) in [5, 5.41) is 9.63. The van der Waals surface area contributed by atoms with E-state index in [0.29, 0.717) is 10.2 Å². The Labute approximate surface area is 191 Å². The second-order valence-corrected chi connectivity index (χ2v) is 9.78. The van der Waals surface area contributed by atoms with E-state index in [1.165, 1.54) is 36.1 Å². The first kappa shape index (κ1) is 22.9. The number of pyridine rings is 1. The van der Waals surface area contributed by atoms with Gasteiger partial charge in [-0.15, -0.1) is 0 Å². The average molecular weight is 527 g/mol. The number of benzene rings is 1. The largest absolute Gasteiger partial charge is 0.355 e. The number of amides is 2. The molecular weight excluding hydrogens is 510 g/mol. The normalized spacial score (nSPS) is 11.3. The zero-order valence-corrected chi connectivity index (χ0v) is 19.8. The Morgan fingerprint density at radius 3 is 2.52 bits per heavy atom. The number of aromatic nitrogens is 3. The van der Waals surface area contributed by atoms with Crippen LogP contribution in [-0.4, -0.2) is 48.3 Å². The van der Waals surface area contributed by atoms with Crippen LogP contribution in [0.5, 0.6) is 0 Å². The van der Waals surface area contributed by atoms with E-state index in [1.807, 2.05) is 0 Å². The summed E-state index contributed by atoms with van der Waals surface area (Å²) in [6.45, 7) is 1.60. The molecule has 0 aliphatic carbocycles. The third-order valence-electron chi connectivity index (χ3n) is 4.30. The summed E-state index contributed by atoms with van der Waals surface area (Å²) < 4.78 is 25.6. The van der Waals surface area contributed by atoms with Gasteiger partial charge in [-0.1, -0.05) is 11.6 Å². The fourth-order valence-corrected chi connectivity index (χ4v) is 4.13. The lowest BCUT2D eigenvalue weighted by Crippen LogP contribution is -2.24. The minimum atomic E-state index is -3.57. The fraction of sp³-hybridized carbons (Fsp3) is 0.158. The number of sulfone groups is 1. The maximum Gasteiger partial charge on any atom is 0.274 e. The standard InChI is InChI=1S/C19H17BrClN5O4S/c1-10-7-11(31(3,29)30)8-12(18(27)22-2)16(10)24-19(28)14-9-15(20)25-26(14)17-13(21)5-4-6-23-17/h4-9H,1-3H3,(H,22,27)(H,24,28). The van der Waals surface area contributed by atoms with E-state index in [9.17, 15) is 18.0 Å². The van der Waals surface area contributed by atoms with Gasteiger partial charge in [0.25, 0.3) is 11.8 Å². The van der Waals surface area contributed by atoms with Crippen molar-refractivity contribution in [2.24, 2.45) is 0 Å². The highest BCUT2D eigenvalue weighted by molar-refractivity contribution is 9.10. The molecule has 0 spiro atoms. The predicted molar refractivity (Wildman–Crippen MR) is 120 cm³/mol. The van der Waals surface area contributed by atoms with Crippen LogP contribution < -0.4 is 10.6 Å². The minimum absolute atomic E-state index is 0.0114. The number of nitrogens with zero attached hydrogens (tertiary/aromatic N) is 3. The van der Waals surface area contributed by atoms with Crippen molar-refractivity contribution in [3.05, 3.63) is 63.0 Å². The average Bonchev–Trinajstić information content (AvgIpc) is 3.09. The number of hydrogen-bond donors (Lipinski definition) is 2. The van der Waals surface area contributed by atoms with Crippen LogP contribution in [0, 0.1) is 6.92 Å². The van der Waals surface area contributed by atoms with Crippen LogP contribution in [-0.2, 0) is 9.84 Å². The molecule has 0 aliphatic heterocycles. The van der Waals surface area contributed by atoms with Gasteiger partial charge in [0.2, 0.25) is 0 Å². The lowest BCUT2D eigenvalue weighted by atomic mass is 10.1. The first-order chi connectivity index (χ1) is 14.5. The van der Waals surface area contributed by atoms with Gasteiger partial charge in [0, 0.05) is 25.6 Å². The maximum atomic E-state index is 13.1. The molecule has 0 bridgehead atoms. The fourth-order valence-electron chi connectivity index (χ4n) is 2.83. The minimum Gasteiger partial charge on any atom is -0.355 e. The van der Waals surface area contributed by atoms with E-state index in [-0.39, 0.29) is 32.7 Å². The van der Waals surface area contributed by atoms with Crippen molar-refractivity contribution in [1.82, 2.24) is 20.1 Å². The van der Waals surface area contributed by atoms with E-state index >= 15 is 0 Å². The molecule has 0 radical (unpaired) electrons. The summed E-state index contributed by atoms with van der Waals surface area (Å²) in [4.78, 5) is 29.7. The van der Waals surface area contributed by atoms with Crippen LogP contribution in [0.1, 0.15) is 26.4 Å². The molecule has 0 saturated carbocycles. The second-order valence-electron chi connectivity index (χ2n) is 6.54. The Kier molecular flexibility index (Phi) is 6.48. The zero-order chi connectivity index (χ0) is 22.9. The van der Waals surface area contributed by atoms with Crippen molar-refractivity contribution in [3.63, 3.8) is 0 Å². The Morgan fingerprint density at radius 1 is 1.19 bits per heavy atom. The molecule has 2 N–H and O–H groups in total. The highest BCUT2D eigenvalue weighted by Crippen LogP contribution is 2.27. The number of rotatable bonds is 5. The van der Waals surface area contributed by atoms with Crippen LogP contribution in [0.2, 0.25) is 5.02 Å². The molecule has 2 aromatic heterocycles. The molecule has 9 nitrogen and oxygen atoms in total. The Balaban J connectivity index is 2.10. The summed E-state index contributed by atoms with van der Waals surface area (Å²) in [5.41, 5.74) is 0.683. The first-order valence-corrected chi connectivity index (χ1v) is 11.8. The van der Waals surface area contributed by atoms with Gasteiger partial charge in [0.05, 0.1) is 21.2 Å². The lowest BCUT2D eigenvalue weighted by Gasteiger charge is -2.15. The molecule has 2 amide bonds. The van der Waals surface area contributed by atoms with Gasteiger partial charge in [0.15, 0.2) is 15.7 Å². The summed E-state index contributed by atoms with van der Waals surface area (Å²) in [6, 6.07) is 7.34. The lowest BCUT2D eigenvalue weighted by molar-refractivity contribution is 0.0963. The Morgan fingerprint density at radius 2 is 1.90 bits per heavy atom. The number of hydrogen-bond acceptors (Lipinski definition) is 6. The van der Waals surface area contributed by atoms with Crippen LogP contribution in [0.15, 0.2) is 46.0 Å². The SMILES string of the molecule is CNC(=O)c1cc(S(C)(=O)=O)cc(C)c1NC(=O)c1cc(Br)nn1-c1ncccc1Cl. The van der Waals surface area contributed by atoms with Crippen molar-refractivity contribution in [2.75, 3.05) is 18.6 Å². The van der Waals surface area contributed by atoms with Crippen molar-refractivity contribution >= 4 is 54.9 Å². The van der Waals surface area contributed by atoms with E-state index in [4.69, 9.17) is 11.6 Å². The van der Waals surface area contributed by atoms with Gasteiger partial charge in [-0.05, 0) is 52.7 Å². The molecular formula is C19H17BrClN5O4S. The summed E-state index contributed by atoms with van der Waals surface area (Å²) in [7, 11) is -2.16. The molecule has 0 fully saturated rings. The number of carbonyl (C=O) groups excluding carboxylic acids is 2. The zero-order valence-electron chi connectivity index (χ0n) is 16.6. The summed E-state index contributed by atoms with van der Waals surface area (Å²) >= 11 is 9.44. The van der Waals surface area contributed by atoms with Gasteiger partial charge >= 0.3 is 0 Å². The van der Waals surface area contributed by atoms with Crippen LogP contribution in [0.3, 0.4) is 0 Å². The monoisotopic (exact) mass is 525 g/mol. The number of carbonyl (C=O) groups is 2. The van der Waals surface area contributed by atoms with Gasteiger partial charge in [-0.2, -0.15) is 5.10 Å². The summed E-state index contributed by atoms with van der Waals surface area (Å²) in [6.07, 6.45) is 2.55. The van der Waals surface area contributed by atoms with Crippen molar-refractivity contribution in [3.8, 4) is 5.82 Å². The molecule has 3 rings (SSSR count). The third-order valence-corrected chi connectivity index (χ3v) is 6.07. The molecule has 31 heavy (non-hydrogen) atoms. The Bertz CT molecular complexity index is 1310. The number of halogens is 2. The van der Waals surface area contributed by atoms with Crippen molar-refractivity contribution in [2.45, 2.75) is 11.8 Å². The first-order valence-electron chi connectivity index (χ1n) is 8.77. The van der Waals surface area contributed by atoms with Gasteiger partial charge < -0.3 is 10.6 Å². The smallest absolute Gasteiger partial charge is 0.274 e. The molecule has 162 valence electrons. The van der Waals surface area contributed by atoms with E-state index < -0.39 is 21.7 Å². The molecule has 0 aliphatic rings. The van der Waals surface area contributed by atoms with Gasteiger partial charge in [0.1, 0.15) is 10.3 Å². The molecule has 0 atom stereocenters. The van der Waals surface area contributed by atoms with Crippen molar-refractivity contribution < 1.29 is 18.0 Å². The highest BCUT2D eigenvalue weighted by Gasteiger charge is 2.23. The third kappa shape index (κ3) is 4.78. The molecule has 1 aromatic carbocycles. The number of anilines is 1. The van der Waals surface area contributed by atoms with Crippen LogP contribution in [0.4, 0.5) is 5.69 Å². The quantitative estimate of drug-likeness (QED) is 0.527.